The van der Waals surface area contributed by atoms with Crippen molar-refractivity contribution in [1.29, 1.82) is 0 Å². The van der Waals surface area contributed by atoms with Gasteiger partial charge in [0.25, 0.3) is 5.91 Å². The summed E-state index contributed by atoms with van der Waals surface area (Å²) in [6.45, 7) is 0.435. The molecule has 1 aliphatic rings. The number of benzene rings is 1. The van der Waals surface area contributed by atoms with Crippen molar-refractivity contribution < 1.29 is 22.7 Å². The zero-order valence-electron chi connectivity index (χ0n) is 13.7. The Hall–Kier alpha value is -1.45. The quantitative estimate of drug-likeness (QED) is 0.691. The monoisotopic (exact) mass is 418 g/mol. The number of hydrogen-bond acceptors (Lipinski definition) is 5. The van der Waals surface area contributed by atoms with Crippen LogP contribution in [0.4, 0.5) is 0 Å². The number of methoxy groups -OCH3 is 1. The van der Waals surface area contributed by atoms with E-state index in [0.29, 0.717) is 23.9 Å². The Bertz CT molecular complexity index is 763. The summed E-state index contributed by atoms with van der Waals surface area (Å²) in [6, 6.07) is 3.76. The maximum absolute atomic E-state index is 12.7. The van der Waals surface area contributed by atoms with Gasteiger partial charge in [-0.3, -0.25) is 4.79 Å². The number of rotatable bonds is 4. The number of nitrogens with zero attached hydrogens (tertiary/aromatic N) is 2. The number of ether oxygens (including phenoxy) is 1. The van der Waals surface area contributed by atoms with Crippen LogP contribution < -0.4 is 0 Å². The number of sulfonamides is 1. The van der Waals surface area contributed by atoms with E-state index in [1.54, 1.807) is 0 Å². The van der Waals surface area contributed by atoms with Crippen molar-refractivity contribution in [1.82, 2.24) is 9.21 Å². The van der Waals surface area contributed by atoms with Crippen molar-refractivity contribution in [3.8, 4) is 0 Å². The molecule has 0 saturated carbocycles. The molecule has 0 aromatic heterocycles. The zero-order valence-corrected chi connectivity index (χ0v) is 16.1. The SMILES string of the molecule is COC(=O)C1CCCN1C(=O)c1ccc(Br)c(S(=O)(=O)N(C)C)c1. The van der Waals surface area contributed by atoms with Crippen LogP contribution in [0.2, 0.25) is 0 Å². The summed E-state index contributed by atoms with van der Waals surface area (Å²) < 4.78 is 30.9. The lowest BCUT2D eigenvalue weighted by Crippen LogP contribution is -2.41. The Morgan fingerprint density at radius 2 is 2.00 bits per heavy atom. The van der Waals surface area contributed by atoms with Crippen molar-refractivity contribution in [2.24, 2.45) is 0 Å². The normalized spacial score (nSPS) is 18.0. The maximum Gasteiger partial charge on any atom is 0.328 e. The smallest absolute Gasteiger partial charge is 0.328 e. The molecular formula is C15H19BrN2O5S. The molecule has 0 aliphatic carbocycles. The first-order valence-corrected chi connectivity index (χ1v) is 9.54. The van der Waals surface area contributed by atoms with Gasteiger partial charge in [0.1, 0.15) is 6.04 Å². The number of hydrogen-bond donors (Lipinski definition) is 0. The summed E-state index contributed by atoms with van der Waals surface area (Å²) in [5.41, 5.74) is 0.217. The highest BCUT2D eigenvalue weighted by molar-refractivity contribution is 9.10. The molecule has 1 heterocycles. The summed E-state index contributed by atoms with van der Waals surface area (Å²) in [6.07, 6.45) is 1.24. The number of halogens is 1. The maximum atomic E-state index is 12.7. The van der Waals surface area contributed by atoms with Gasteiger partial charge in [-0.2, -0.15) is 0 Å². The molecule has 1 unspecified atom stereocenters. The molecule has 0 N–H and O–H groups in total. The molecule has 1 atom stereocenters. The minimum atomic E-state index is -3.70. The van der Waals surface area contributed by atoms with Crippen molar-refractivity contribution >= 4 is 37.8 Å². The molecule has 1 aromatic carbocycles. The standard InChI is InChI=1S/C15H19BrN2O5S/c1-17(2)24(21,22)13-9-10(6-7-11(13)16)14(19)18-8-4-5-12(18)15(20)23-3/h6-7,9,12H,4-5,8H2,1-3H3. The van der Waals surface area contributed by atoms with Gasteiger partial charge in [0.05, 0.1) is 12.0 Å². The van der Waals surface area contributed by atoms with E-state index in [1.807, 2.05) is 0 Å². The molecule has 0 bridgehead atoms. The topological polar surface area (TPSA) is 84.0 Å². The van der Waals surface area contributed by atoms with Gasteiger partial charge in [-0.25, -0.2) is 17.5 Å². The second kappa shape index (κ2) is 7.20. The molecule has 1 saturated heterocycles. The summed E-state index contributed by atoms with van der Waals surface area (Å²) in [4.78, 5) is 26.0. The molecule has 0 spiro atoms. The van der Waals surface area contributed by atoms with Crippen molar-refractivity contribution in [2.45, 2.75) is 23.8 Å². The summed E-state index contributed by atoms with van der Waals surface area (Å²) >= 11 is 3.21. The van der Waals surface area contributed by atoms with Gasteiger partial charge in [0.2, 0.25) is 10.0 Å². The predicted octanol–water partition coefficient (Wildman–Crippen LogP) is 1.48. The van der Waals surface area contributed by atoms with E-state index in [1.165, 1.54) is 44.3 Å². The summed E-state index contributed by atoms with van der Waals surface area (Å²) in [5.74, 6) is -0.843. The lowest BCUT2D eigenvalue weighted by molar-refractivity contribution is -0.145. The Labute approximate surface area is 149 Å². The summed E-state index contributed by atoms with van der Waals surface area (Å²) in [5, 5.41) is 0. The Kier molecular flexibility index (Phi) is 5.67. The third-order valence-corrected chi connectivity index (χ3v) is 6.73. The Morgan fingerprint density at radius 3 is 2.58 bits per heavy atom. The van der Waals surface area contributed by atoms with Crippen LogP contribution in [-0.4, -0.2) is 63.3 Å². The number of esters is 1. The van der Waals surface area contributed by atoms with Gasteiger partial charge in [0, 0.05) is 30.7 Å². The van der Waals surface area contributed by atoms with E-state index in [-0.39, 0.29) is 16.4 Å². The first-order valence-electron chi connectivity index (χ1n) is 7.31. The second-order valence-corrected chi connectivity index (χ2v) is 8.59. The third-order valence-electron chi connectivity index (χ3n) is 3.92. The first-order chi connectivity index (χ1) is 11.2. The van der Waals surface area contributed by atoms with E-state index in [0.717, 1.165) is 4.31 Å². The van der Waals surface area contributed by atoms with Crippen LogP contribution in [0.15, 0.2) is 27.6 Å². The fourth-order valence-electron chi connectivity index (χ4n) is 2.59. The van der Waals surface area contributed by atoms with E-state index in [9.17, 15) is 18.0 Å². The second-order valence-electron chi connectivity index (χ2n) is 5.61. The van der Waals surface area contributed by atoms with Crippen LogP contribution in [0.25, 0.3) is 0 Å². The Morgan fingerprint density at radius 1 is 1.33 bits per heavy atom. The number of amides is 1. The molecule has 24 heavy (non-hydrogen) atoms. The van der Waals surface area contributed by atoms with Crippen LogP contribution in [0.1, 0.15) is 23.2 Å². The lowest BCUT2D eigenvalue weighted by Gasteiger charge is -2.23. The molecule has 1 fully saturated rings. The van der Waals surface area contributed by atoms with E-state index in [2.05, 4.69) is 15.9 Å². The predicted molar refractivity (Wildman–Crippen MR) is 91.1 cm³/mol. The van der Waals surface area contributed by atoms with Gasteiger partial charge in [-0.1, -0.05) is 0 Å². The molecule has 9 heteroatoms. The van der Waals surface area contributed by atoms with Gasteiger partial charge in [-0.15, -0.1) is 0 Å². The average Bonchev–Trinajstić information content (AvgIpc) is 3.03. The van der Waals surface area contributed by atoms with Crippen molar-refractivity contribution in [3.63, 3.8) is 0 Å². The Balaban J connectivity index is 2.39. The van der Waals surface area contributed by atoms with Crippen LogP contribution >= 0.6 is 15.9 Å². The van der Waals surface area contributed by atoms with Crippen LogP contribution in [-0.2, 0) is 19.6 Å². The first kappa shape index (κ1) is 18.9. The summed E-state index contributed by atoms with van der Waals surface area (Å²) in [7, 11) is 0.426. The van der Waals surface area contributed by atoms with Gasteiger partial charge in [0.15, 0.2) is 0 Å². The van der Waals surface area contributed by atoms with E-state index in [4.69, 9.17) is 4.74 Å². The number of carbonyl (C=O) groups excluding carboxylic acids is 2. The largest absolute Gasteiger partial charge is 0.467 e. The molecule has 0 radical (unpaired) electrons. The van der Waals surface area contributed by atoms with Crippen molar-refractivity contribution in [2.75, 3.05) is 27.7 Å². The van der Waals surface area contributed by atoms with Gasteiger partial charge >= 0.3 is 5.97 Å². The highest BCUT2D eigenvalue weighted by Crippen LogP contribution is 2.27. The average molecular weight is 419 g/mol. The molecule has 132 valence electrons. The van der Waals surface area contributed by atoms with Crippen LogP contribution in [0.5, 0.6) is 0 Å². The van der Waals surface area contributed by atoms with E-state index < -0.39 is 22.0 Å². The zero-order chi connectivity index (χ0) is 18.1. The molecule has 1 aliphatic heterocycles. The van der Waals surface area contributed by atoms with Crippen LogP contribution in [0, 0.1) is 0 Å². The fourth-order valence-corrected chi connectivity index (χ4v) is 4.43. The molecule has 1 aromatic rings. The van der Waals surface area contributed by atoms with Crippen LogP contribution in [0.3, 0.4) is 0 Å². The minimum absolute atomic E-state index is 0.00663. The number of carbonyl (C=O) groups is 2. The highest BCUT2D eigenvalue weighted by Gasteiger charge is 2.35. The molecule has 7 nitrogen and oxygen atoms in total. The van der Waals surface area contributed by atoms with Gasteiger partial charge < -0.3 is 9.64 Å². The molecular weight excluding hydrogens is 400 g/mol. The molecule has 2 rings (SSSR count). The van der Waals surface area contributed by atoms with Crippen molar-refractivity contribution in [3.05, 3.63) is 28.2 Å². The fraction of sp³-hybridized carbons (Fsp3) is 0.467. The minimum Gasteiger partial charge on any atom is -0.467 e. The van der Waals surface area contributed by atoms with E-state index >= 15 is 0 Å². The van der Waals surface area contributed by atoms with Gasteiger partial charge in [-0.05, 0) is 47.0 Å². The number of likely N-dealkylation sites (tertiary alicyclic amines) is 1. The lowest BCUT2D eigenvalue weighted by atomic mass is 10.1. The molecule has 1 amide bonds. The third kappa shape index (κ3) is 3.47. The highest BCUT2D eigenvalue weighted by atomic mass is 79.9.